The van der Waals surface area contributed by atoms with Gasteiger partial charge in [0.15, 0.2) is 0 Å². The maximum absolute atomic E-state index is 4.56. The van der Waals surface area contributed by atoms with E-state index in [2.05, 4.69) is 72.0 Å². The summed E-state index contributed by atoms with van der Waals surface area (Å²) in [6, 6.07) is 12.8. The molecule has 1 saturated heterocycles. The average Bonchev–Trinajstić information content (AvgIpc) is 3.62. The van der Waals surface area contributed by atoms with Gasteiger partial charge in [-0.3, -0.25) is 0 Å². The summed E-state index contributed by atoms with van der Waals surface area (Å²) in [5.41, 5.74) is 5.65. The third-order valence-corrected chi connectivity index (χ3v) is 6.10. The molecule has 0 saturated carbocycles. The van der Waals surface area contributed by atoms with Crippen molar-refractivity contribution in [2.24, 2.45) is 0 Å². The van der Waals surface area contributed by atoms with Gasteiger partial charge in [-0.1, -0.05) is 31.2 Å². The Morgan fingerprint density at radius 2 is 1.69 bits per heavy atom. The third-order valence-electron chi connectivity index (χ3n) is 6.10. The van der Waals surface area contributed by atoms with Gasteiger partial charge in [0.05, 0.1) is 41.6 Å². The fourth-order valence-electron chi connectivity index (χ4n) is 4.21. The van der Waals surface area contributed by atoms with Gasteiger partial charge in [0.1, 0.15) is 17.3 Å². The fourth-order valence-corrected chi connectivity index (χ4v) is 4.21. The first-order valence-corrected chi connectivity index (χ1v) is 11.2. The molecule has 0 amide bonds. The van der Waals surface area contributed by atoms with Crippen LogP contribution in [-0.2, 0) is 0 Å². The van der Waals surface area contributed by atoms with Crippen molar-refractivity contribution in [1.82, 2.24) is 40.8 Å². The van der Waals surface area contributed by atoms with Crippen molar-refractivity contribution in [3.05, 3.63) is 60.4 Å². The third kappa shape index (κ3) is 4.06. The summed E-state index contributed by atoms with van der Waals surface area (Å²) in [4.78, 5) is 15.9. The Labute approximate surface area is 187 Å². The second-order valence-corrected chi connectivity index (χ2v) is 8.14. The van der Waals surface area contributed by atoms with E-state index in [0.717, 1.165) is 64.9 Å². The lowest BCUT2D eigenvalue weighted by Crippen LogP contribution is -2.16. The van der Waals surface area contributed by atoms with Crippen LogP contribution in [-0.4, -0.2) is 43.7 Å². The van der Waals surface area contributed by atoms with Gasteiger partial charge in [0.2, 0.25) is 0 Å². The zero-order valence-corrected chi connectivity index (χ0v) is 18.4. The summed E-state index contributed by atoms with van der Waals surface area (Å²) in [6.45, 7) is 3.19. The molecule has 8 nitrogen and oxygen atoms in total. The minimum absolute atomic E-state index is 0.204. The van der Waals surface area contributed by atoms with Gasteiger partial charge in [0, 0.05) is 5.56 Å². The van der Waals surface area contributed by atoms with E-state index in [-0.39, 0.29) is 6.04 Å². The minimum Gasteiger partial charge on any atom is -0.341 e. The molecule has 164 valence electrons. The fraction of sp³-hybridized carbons (Fsp3) is 0.333. The first kappa shape index (κ1) is 20.5. The number of hydrogen-bond donors (Lipinski definition) is 4. The van der Waals surface area contributed by atoms with Gasteiger partial charge in [-0.25, -0.2) is 9.97 Å². The molecule has 3 aromatic heterocycles. The highest BCUT2D eigenvalue weighted by atomic mass is 15.1. The summed E-state index contributed by atoms with van der Waals surface area (Å²) in [7, 11) is 1.94. The highest BCUT2D eigenvalue weighted by Gasteiger charge is 2.19. The molecule has 5 rings (SSSR count). The zero-order chi connectivity index (χ0) is 21.9. The van der Waals surface area contributed by atoms with Gasteiger partial charge in [0.25, 0.3) is 0 Å². The van der Waals surface area contributed by atoms with E-state index in [9.17, 15) is 0 Å². The van der Waals surface area contributed by atoms with E-state index in [4.69, 9.17) is 0 Å². The number of H-pyrrole nitrogens is 2. The number of aromatic nitrogens is 6. The summed E-state index contributed by atoms with van der Waals surface area (Å²) in [5, 5.41) is 15.6. The predicted octanol–water partition coefficient (Wildman–Crippen LogP) is 4.02. The second kappa shape index (κ2) is 9.02. The summed E-state index contributed by atoms with van der Waals surface area (Å²) in [5.74, 6) is 1.93. The quantitative estimate of drug-likeness (QED) is 0.354. The van der Waals surface area contributed by atoms with Crippen LogP contribution in [0.1, 0.15) is 49.9 Å². The maximum atomic E-state index is 4.56. The van der Waals surface area contributed by atoms with Crippen LogP contribution in [0.15, 0.2) is 48.8 Å². The molecule has 32 heavy (non-hydrogen) atoms. The van der Waals surface area contributed by atoms with Crippen molar-refractivity contribution in [2.75, 3.05) is 13.6 Å². The normalized spacial score (nSPS) is 17.0. The number of rotatable bonds is 7. The Morgan fingerprint density at radius 1 is 0.938 bits per heavy atom. The van der Waals surface area contributed by atoms with Crippen LogP contribution >= 0.6 is 0 Å². The molecular formula is C24H28N8. The van der Waals surface area contributed by atoms with Gasteiger partial charge >= 0.3 is 0 Å². The Balaban J connectivity index is 1.30. The van der Waals surface area contributed by atoms with E-state index in [1.165, 1.54) is 6.42 Å². The molecule has 4 aromatic rings. The number of benzene rings is 1. The van der Waals surface area contributed by atoms with Gasteiger partial charge < -0.3 is 20.6 Å². The van der Waals surface area contributed by atoms with E-state index >= 15 is 0 Å². The Bertz CT molecular complexity index is 1070. The van der Waals surface area contributed by atoms with Gasteiger partial charge in [-0.05, 0) is 50.6 Å². The van der Waals surface area contributed by atoms with E-state index in [1.807, 2.05) is 31.6 Å². The van der Waals surface area contributed by atoms with Gasteiger partial charge in [-0.2, -0.15) is 0 Å². The van der Waals surface area contributed by atoms with Gasteiger partial charge in [-0.15, -0.1) is 10.2 Å². The molecule has 0 aliphatic carbocycles. The summed E-state index contributed by atoms with van der Waals surface area (Å²) in [6.07, 6.45) is 7.02. The molecule has 1 aliphatic rings. The van der Waals surface area contributed by atoms with Crippen LogP contribution in [0.5, 0.6) is 0 Å². The molecule has 4 heterocycles. The van der Waals surface area contributed by atoms with Crippen molar-refractivity contribution < 1.29 is 0 Å². The molecule has 1 aromatic carbocycles. The topological polar surface area (TPSA) is 107 Å². The standard InChI is InChI=1S/C24H28N8/c1-3-17(25-2)23-28-14-22(30-23)19-11-10-18(31-32-19)15-6-8-16(9-7-15)21-13-27-24(29-21)20-5-4-12-26-20/h6-11,13-14,17,20,25-26H,3-5,12H2,1-2H3,(H,27,29)(H,28,30)/t17-,20-/m0/s1. The van der Waals surface area contributed by atoms with Crippen LogP contribution < -0.4 is 10.6 Å². The van der Waals surface area contributed by atoms with E-state index in [1.54, 1.807) is 0 Å². The Morgan fingerprint density at radius 3 is 2.38 bits per heavy atom. The molecular weight excluding hydrogens is 400 g/mol. The van der Waals surface area contributed by atoms with Crippen LogP contribution in [0.4, 0.5) is 0 Å². The molecule has 0 bridgehead atoms. The predicted molar refractivity (Wildman–Crippen MR) is 125 cm³/mol. The number of nitrogens with zero attached hydrogens (tertiary/aromatic N) is 4. The van der Waals surface area contributed by atoms with Crippen molar-refractivity contribution in [2.45, 2.75) is 38.3 Å². The first-order valence-electron chi connectivity index (χ1n) is 11.2. The highest BCUT2D eigenvalue weighted by Crippen LogP contribution is 2.26. The highest BCUT2D eigenvalue weighted by molar-refractivity contribution is 5.67. The monoisotopic (exact) mass is 428 g/mol. The summed E-state index contributed by atoms with van der Waals surface area (Å²) < 4.78 is 0. The molecule has 4 N–H and O–H groups in total. The first-order chi connectivity index (χ1) is 15.7. The van der Waals surface area contributed by atoms with Crippen molar-refractivity contribution >= 4 is 0 Å². The van der Waals surface area contributed by atoms with Crippen molar-refractivity contribution in [3.63, 3.8) is 0 Å². The lowest BCUT2D eigenvalue weighted by Gasteiger charge is -2.09. The minimum atomic E-state index is 0.204. The van der Waals surface area contributed by atoms with Crippen LogP contribution in [0.2, 0.25) is 0 Å². The summed E-state index contributed by atoms with van der Waals surface area (Å²) >= 11 is 0. The average molecular weight is 429 g/mol. The number of hydrogen-bond acceptors (Lipinski definition) is 6. The molecule has 8 heteroatoms. The molecule has 2 atom stereocenters. The lowest BCUT2D eigenvalue weighted by atomic mass is 10.1. The number of nitrogens with one attached hydrogen (secondary N) is 4. The zero-order valence-electron chi connectivity index (χ0n) is 18.4. The van der Waals surface area contributed by atoms with Crippen LogP contribution in [0.25, 0.3) is 33.9 Å². The molecule has 0 unspecified atom stereocenters. The number of imidazole rings is 2. The molecule has 1 aliphatic heterocycles. The molecule has 0 radical (unpaired) electrons. The smallest absolute Gasteiger partial charge is 0.123 e. The second-order valence-electron chi connectivity index (χ2n) is 8.14. The van der Waals surface area contributed by atoms with E-state index in [0.29, 0.717) is 6.04 Å². The van der Waals surface area contributed by atoms with E-state index < -0.39 is 0 Å². The molecule has 0 spiro atoms. The lowest BCUT2D eigenvalue weighted by molar-refractivity contribution is 0.549. The van der Waals surface area contributed by atoms with Crippen molar-refractivity contribution in [3.8, 4) is 33.9 Å². The SMILES string of the molecule is CC[C@H](NC)c1ncc(-c2ccc(-c3ccc(-c4cnc([C@@H]5CCCN5)[nH]4)cc3)nn2)[nH]1. The van der Waals surface area contributed by atoms with Crippen LogP contribution in [0.3, 0.4) is 0 Å². The molecule has 1 fully saturated rings. The van der Waals surface area contributed by atoms with Crippen LogP contribution in [0, 0.1) is 0 Å². The van der Waals surface area contributed by atoms with Crippen molar-refractivity contribution in [1.29, 1.82) is 0 Å². The maximum Gasteiger partial charge on any atom is 0.123 e. The largest absolute Gasteiger partial charge is 0.341 e. The Kier molecular flexibility index (Phi) is 5.79. The number of aromatic amines is 2. The Hall–Kier alpha value is -3.36.